The highest BCUT2D eigenvalue weighted by Gasteiger charge is 2.23. The molecule has 4 rings (SSSR count). The van der Waals surface area contributed by atoms with E-state index in [1.54, 1.807) is 36.3 Å². The lowest BCUT2D eigenvalue weighted by atomic mass is 10.2. The number of carbonyl (C=O) groups is 2. The lowest BCUT2D eigenvalue weighted by Gasteiger charge is -2.27. The number of likely N-dealkylation sites (tertiary alicyclic amines) is 1. The van der Waals surface area contributed by atoms with E-state index in [1.807, 2.05) is 23.1 Å². The number of amides is 2. The molecule has 3 heterocycles. The number of hydrogen-bond acceptors (Lipinski definition) is 6. The first-order valence-corrected chi connectivity index (χ1v) is 10.7. The van der Waals surface area contributed by atoms with E-state index in [4.69, 9.17) is 9.47 Å². The highest BCUT2D eigenvalue weighted by Crippen LogP contribution is 2.32. The number of nitrogens with zero attached hydrogens (tertiary/aromatic N) is 4. The van der Waals surface area contributed by atoms with Gasteiger partial charge in [0.15, 0.2) is 11.5 Å². The molecule has 2 aliphatic rings. The number of pyridine rings is 1. The molecule has 2 amide bonds. The second-order valence-electron chi connectivity index (χ2n) is 7.84. The Hall–Kier alpha value is -3.13. The topological polar surface area (TPSA) is 75.2 Å². The number of carbonyl (C=O) groups excluding carboxylic acids is 2. The van der Waals surface area contributed by atoms with Gasteiger partial charge in [-0.3, -0.25) is 14.5 Å². The summed E-state index contributed by atoms with van der Waals surface area (Å²) in [6.07, 6.45) is 3.73. The fraction of sp³-hybridized carbons (Fsp3) is 0.435. The molecule has 1 aromatic heterocycles. The third-order valence-electron chi connectivity index (χ3n) is 5.64. The fourth-order valence-corrected chi connectivity index (χ4v) is 3.80. The zero-order valence-electron chi connectivity index (χ0n) is 17.8. The first kappa shape index (κ1) is 21.1. The summed E-state index contributed by atoms with van der Waals surface area (Å²) in [6, 6.07) is 10.8. The Morgan fingerprint density at radius 1 is 1.00 bits per heavy atom. The molecule has 0 atom stereocenters. The average molecular weight is 425 g/mol. The second kappa shape index (κ2) is 9.78. The summed E-state index contributed by atoms with van der Waals surface area (Å²) in [7, 11) is 1.75. The van der Waals surface area contributed by atoms with E-state index < -0.39 is 0 Å². The Labute approximate surface area is 182 Å². The van der Waals surface area contributed by atoms with E-state index in [-0.39, 0.29) is 17.7 Å². The van der Waals surface area contributed by atoms with Crippen molar-refractivity contribution in [2.24, 2.45) is 0 Å². The van der Waals surface area contributed by atoms with Gasteiger partial charge >= 0.3 is 0 Å². The molecule has 164 valence electrons. The molecule has 1 aromatic carbocycles. The molecule has 1 fully saturated rings. The Balaban J connectivity index is 1.57. The monoisotopic (exact) mass is 424 g/mol. The van der Waals surface area contributed by atoms with Crippen LogP contribution in [0.25, 0.3) is 0 Å². The van der Waals surface area contributed by atoms with E-state index in [1.165, 1.54) is 0 Å². The largest absolute Gasteiger partial charge is 0.488 e. The molecule has 0 N–H and O–H groups in total. The predicted octanol–water partition coefficient (Wildman–Crippen LogP) is 2.26. The molecular weight excluding hydrogens is 396 g/mol. The maximum Gasteiger partial charge on any atom is 0.259 e. The van der Waals surface area contributed by atoms with Gasteiger partial charge in [0.25, 0.3) is 5.91 Å². The van der Waals surface area contributed by atoms with Crippen molar-refractivity contribution in [2.45, 2.75) is 12.8 Å². The second-order valence-corrected chi connectivity index (χ2v) is 7.84. The van der Waals surface area contributed by atoms with Gasteiger partial charge in [-0.1, -0.05) is 12.1 Å². The molecular formula is C23H28N4O4. The van der Waals surface area contributed by atoms with Gasteiger partial charge in [-0.05, 0) is 37.1 Å². The van der Waals surface area contributed by atoms with Crippen molar-refractivity contribution in [1.82, 2.24) is 19.7 Å². The summed E-state index contributed by atoms with van der Waals surface area (Å²) in [5.74, 6) is 1.28. The van der Waals surface area contributed by atoms with Crippen molar-refractivity contribution in [1.29, 1.82) is 0 Å². The number of fused-ring (bicyclic) bond motifs is 2. The zero-order chi connectivity index (χ0) is 21.6. The normalized spacial score (nSPS) is 18.0. The lowest BCUT2D eigenvalue weighted by Crippen LogP contribution is -2.44. The SMILES string of the molecule is CN1CCN(CC(=O)N2CCCC2)CCOc2ccccc2Oc2ncccc2C1=O. The standard InChI is InChI=1S/C23H28N4O4/c1-25-13-14-26(17-21(28)27-11-4-5-12-27)15-16-30-19-8-2-3-9-20(19)31-22-18(23(25)29)7-6-10-24-22/h2-3,6-10H,4-5,11-17H2,1H3. The highest BCUT2D eigenvalue weighted by atomic mass is 16.5. The molecule has 0 bridgehead atoms. The van der Waals surface area contributed by atoms with Gasteiger partial charge in [0, 0.05) is 46.0 Å². The smallest absolute Gasteiger partial charge is 0.259 e. The number of aromatic nitrogens is 1. The molecule has 2 aromatic rings. The molecule has 2 aliphatic heterocycles. The summed E-state index contributed by atoms with van der Waals surface area (Å²) in [6.45, 7) is 4.01. The number of hydrogen-bond donors (Lipinski definition) is 0. The minimum absolute atomic E-state index is 0.133. The van der Waals surface area contributed by atoms with Gasteiger partial charge in [-0.25, -0.2) is 4.98 Å². The van der Waals surface area contributed by atoms with Crippen LogP contribution in [0.2, 0.25) is 0 Å². The molecule has 8 nitrogen and oxygen atoms in total. The summed E-state index contributed by atoms with van der Waals surface area (Å²) in [4.78, 5) is 35.6. The van der Waals surface area contributed by atoms with Crippen molar-refractivity contribution in [3.8, 4) is 17.4 Å². The van der Waals surface area contributed by atoms with E-state index >= 15 is 0 Å². The van der Waals surface area contributed by atoms with Gasteiger partial charge in [0.2, 0.25) is 11.8 Å². The van der Waals surface area contributed by atoms with Gasteiger partial charge < -0.3 is 19.3 Å². The molecule has 1 saturated heterocycles. The minimum Gasteiger partial charge on any atom is -0.488 e. The summed E-state index contributed by atoms with van der Waals surface area (Å²) < 4.78 is 12.0. The molecule has 0 unspecified atom stereocenters. The van der Waals surface area contributed by atoms with Crippen molar-refractivity contribution in [3.63, 3.8) is 0 Å². The van der Waals surface area contributed by atoms with E-state index in [0.29, 0.717) is 49.8 Å². The fourth-order valence-electron chi connectivity index (χ4n) is 3.80. The summed E-state index contributed by atoms with van der Waals surface area (Å²) in [5.41, 5.74) is 0.388. The van der Waals surface area contributed by atoms with Crippen LogP contribution in [0.1, 0.15) is 23.2 Å². The third kappa shape index (κ3) is 5.14. The maximum absolute atomic E-state index is 13.1. The summed E-state index contributed by atoms with van der Waals surface area (Å²) in [5, 5.41) is 0. The Bertz CT molecular complexity index is 929. The number of ether oxygens (including phenoxy) is 2. The first-order valence-electron chi connectivity index (χ1n) is 10.7. The Morgan fingerprint density at radius 3 is 2.58 bits per heavy atom. The van der Waals surface area contributed by atoms with Crippen LogP contribution in [0.3, 0.4) is 0 Å². The quantitative estimate of drug-likeness (QED) is 0.736. The number of para-hydroxylation sites is 2. The molecule has 8 heteroatoms. The van der Waals surface area contributed by atoms with Gasteiger partial charge in [-0.2, -0.15) is 0 Å². The Kier molecular flexibility index (Phi) is 6.66. The average Bonchev–Trinajstić information content (AvgIpc) is 3.33. The first-order chi connectivity index (χ1) is 15.1. The maximum atomic E-state index is 13.1. The number of likely N-dealkylation sites (N-methyl/N-ethyl adjacent to an activating group) is 1. The number of benzene rings is 1. The van der Waals surface area contributed by atoms with Crippen LogP contribution in [-0.4, -0.2) is 84.4 Å². The highest BCUT2D eigenvalue weighted by molar-refractivity contribution is 5.96. The van der Waals surface area contributed by atoms with Crippen LogP contribution in [0.5, 0.6) is 17.4 Å². The van der Waals surface area contributed by atoms with Gasteiger partial charge in [0.1, 0.15) is 12.2 Å². The Morgan fingerprint density at radius 2 is 1.77 bits per heavy atom. The van der Waals surface area contributed by atoms with Gasteiger partial charge in [0.05, 0.1) is 6.54 Å². The third-order valence-corrected chi connectivity index (χ3v) is 5.64. The van der Waals surface area contributed by atoms with Crippen LogP contribution in [0.15, 0.2) is 42.6 Å². The molecule has 31 heavy (non-hydrogen) atoms. The molecule has 0 saturated carbocycles. The minimum atomic E-state index is -0.174. The van der Waals surface area contributed by atoms with Crippen LogP contribution >= 0.6 is 0 Å². The number of rotatable bonds is 2. The van der Waals surface area contributed by atoms with Crippen molar-refractivity contribution in [3.05, 3.63) is 48.2 Å². The van der Waals surface area contributed by atoms with E-state index in [2.05, 4.69) is 9.88 Å². The molecule has 0 spiro atoms. The van der Waals surface area contributed by atoms with E-state index in [9.17, 15) is 9.59 Å². The van der Waals surface area contributed by atoms with Crippen molar-refractivity contribution < 1.29 is 19.1 Å². The van der Waals surface area contributed by atoms with Crippen LogP contribution in [0, 0.1) is 0 Å². The van der Waals surface area contributed by atoms with Crippen LogP contribution < -0.4 is 9.47 Å². The molecule has 0 aliphatic carbocycles. The lowest BCUT2D eigenvalue weighted by molar-refractivity contribution is -0.131. The van der Waals surface area contributed by atoms with Crippen molar-refractivity contribution >= 4 is 11.8 Å². The van der Waals surface area contributed by atoms with Gasteiger partial charge in [-0.15, -0.1) is 0 Å². The van der Waals surface area contributed by atoms with Crippen LogP contribution in [-0.2, 0) is 4.79 Å². The molecule has 0 radical (unpaired) electrons. The van der Waals surface area contributed by atoms with E-state index in [0.717, 1.165) is 25.9 Å². The van der Waals surface area contributed by atoms with Crippen molar-refractivity contribution in [2.75, 3.05) is 52.9 Å². The summed E-state index contributed by atoms with van der Waals surface area (Å²) >= 11 is 0. The zero-order valence-corrected chi connectivity index (χ0v) is 17.8. The predicted molar refractivity (Wildman–Crippen MR) is 115 cm³/mol. The van der Waals surface area contributed by atoms with Crippen LogP contribution in [0.4, 0.5) is 0 Å².